The zero-order valence-electron chi connectivity index (χ0n) is 10.6. The fraction of sp³-hybridized carbons (Fsp3) is 0. The van der Waals surface area contributed by atoms with Gasteiger partial charge < -0.3 is 13.9 Å². The Morgan fingerprint density at radius 3 is 2.00 bits per heavy atom. The zero-order chi connectivity index (χ0) is 17.5. The van der Waals surface area contributed by atoms with Gasteiger partial charge in [0, 0.05) is 4.64 Å². The van der Waals surface area contributed by atoms with Crippen molar-refractivity contribution in [1.29, 1.82) is 0 Å². The molecule has 1 aromatic carbocycles. The molecule has 0 saturated heterocycles. The number of phenols is 1. The van der Waals surface area contributed by atoms with Gasteiger partial charge in [-0.3, -0.25) is 9.11 Å². The maximum Gasteiger partial charge on any atom is 0.267 e. The van der Waals surface area contributed by atoms with Gasteiger partial charge in [-0.1, -0.05) is 6.07 Å². The lowest BCUT2D eigenvalue weighted by atomic mass is 10.3. The van der Waals surface area contributed by atoms with Crippen molar-refractivity contribution in [3.8, 4) is 5.75 Å². The molecule has 0 amide bonds. The average Bonchev–Trinajstić information content (AvgIpc) is 2.44. The second kappa shape index (κ2) is 6.56. The van der Waals surface area contributed by atoms with Crippen LogP contribution in [0.5, 0.6) is 5.75 Å². The minimum Gasteiger partial charge on any atom is -0.506 e. The van der Waals surface area contributed by atoms with Crippen LogP contribution in [0.4, 0.5) is 0 Å². The molecule has 0 spiro atoms. The van der Waals surface area contributed by atoms with Gasteiger partial charge in [0.25, 0.3) is 22.5 Å². The summed E-state index contributed by atoms with van der Waals surface area (Å²) < 4.78 is 83.3. The summed E-state index contributed by atoms with van der Waals surface area (Å²) in [7, 11) is -6.47. The maximum atomic E-state index is 11.5. The fourth-order valence-corrected chi connectivity index (χ4v) is 5.21. The Morgan fingerprint density at radius 1 is 1.00 bits per heavy atom. The zero-order valence-corrected chi connectivity index (χ0v) is 13.9. The van der Waals surface area contributed by atoms with E-state index in [1.807, 2.05) is 0 Å². The summed E-state index contributed by atoms with van der Waals surface area (Å²) in [5, 5.41) is 9.85. The van der Waals surface area contributed by atoms with Gasteiger partial charge in [0.2, 0.25) is 10.3 Å². The van der Waals surface area contributed by atoms with E-state index in [-0.39, 0.29) is 7.94 Å². The molecule has 23 heavy (non-hydrogen) atoms. The maximum absolute atomic E-state index is 11.5. The Hall–Kier alpha value is -1.49. The third-order valence-electron chi connectivity index (χ3n) is 2.60. The predicted octanol–water partition coefficient (Wildman–Crippen LogP) is -0.502. The molecule has 128 valence electrons. The molecule has 2 atom stereocenters. The monoisotopic (exact) mass is 403 g/mol. The number of rotatable bonds is 2. The van der Waals surface area contributed by atoms with Crippen LogP contribution in [0.15, 0.2) is 18.2 Å². The minimum absolute atomic E-state index is 0.176. The van der Waals surface area contributed by atoms with E-state index in [4.69, 9.17) is 0 Å². The van der Waals surface area contributed by atoms with Crippen molar-refractivity contribution in [3.63, 3.8) is 0 Å². The first-order valence-corrected chi connectivity index (χ1v) is 9.58. The molecular weight excluding hydrogens is 396 g/mol. The van der Waals surface area contributed by atoms with Crippen molar-refractivity contribution in [1.82, 2.24) is 7.94 Å². The van der Waals surface area contributed by atoms with Crippen LogP contribution in [0.1, 0.15) is 0 Å². The van der Waals surface area contributed by atoms with E-state index in [2.05, 4.69) is 0 Å². The molecule has 2 aromatic rings. The third kappa shape index (κ3) is 2.99. The molecule has 2 rings (SSSR count). The Balaban J connectivity index is 3.65. The highest BCUT2D eigenvalue weighted by Gasteiger charge is 2.17. The van der Waals surface area contributed by atoms with E-state index in [1.165, 1.54) is 6.07 Å². The molecule has 0 radical (unpaired) electrons. The van der Waals surface area contributed by atoms with Crippen LogP contribution in [0.25, 0.3) is 11.0 Å². The molecule has 4 N–H and O–H groups in total. The molecule has 11 nitrogen and oxygen atoms in total. The van der Waals surface area contributed by atoms with Crippen LogP contribution >= 0.6 is 0 Å². The van der Waals surface area contributed by atoms with Gasteiger partial charge >= 0.3 is 0 Å². The lowest BCUT2D eigenvalue weighted by Crippen LogP contribution is -2.17. The highest BCUT2D eigenvalue weighted by atomic mass is 32.2. The van der Waals surface area contributed by atoms with Crippen molar-refractivity contribution in [2.24, 2.45) is 0 Å². The highest BCUT2D eigenvalue weighted by molar-refractivity contribution is 7.79. The second-order valence-electron chi connectivity index (χ2n) is 3.79. The van der Waals surface area contributed by atoms with Crippen molar-refractivity contribution in [3.05, 3.63) is 27.5 Å². The number of phenolic OH excluding ortho intramolecular Hbond substituents is 1. The van der Waals surface area contributed by atoms with E-state index < -0.39 is 69.6 Å². The van der Waals surface area contributed by atoms with Crippen LogP contribution < -0.4 is 0 Å². The minimum atomic E-state index is -3.32. The average molecular weight is 403 g/mol. The molecule has 1 aromatic heterocycles. The molecule has 0 aliphatic rings. The van der Waals surface area contributed by atoms with Crippen LogP contribution in [0, 0.1) is 9.28 Å². The van der Waals surface area contributed by atoms with Crippen LogP contribution in [-0.2, 0) is 47.7 Å². The van der Waals surface area contributed by atoms with Crippen molar-refractivity contribution in [2.45, 2.75) is 0 Å². The van der Waals surface area contributed by atoms with Crippen LogP contribution in [0.3, 0.4) is 0 Å². The van der Waals surface area contributed by atoms with Gasteiger partial charge in [-0.2, -0.15) is 8.42 Å². The summed E-state index contributed by atoms with van der Waals surface area (Å²) >= 11 is -6.08. The molecular formula is C8H7N2O9S4-. The number of hydrogen-bond acceptors (Lipinski definition) is 7. The topological polar surface area (TPSA) is 176 Å². The molecule has 15 heteroatoms. The number of fused-ring (bicyclic) bond motifs is 1. The van der Waals surface area contributed by atoms with Crippen LogP contribution in [0.2, 0.25) is 0 Å². The Labute approximate surface area is 135 Å². The summed E-state index contributed by atoms with van der Waals surface area (Å²) in [6, 6.07) is 3.29. The summed E-state index contributed by atoms with van der Waals surface area (Å²) in [4.78, 5) is 0. The summed E-state index contributed by atoms with van der Waals surface area (Å²) in [6.45, 7) is 0. The molecule has 0 aliphatic carbocycles. The standard InChI is InChI=1S/C8H7N2O9S4/c11-5-3-1-2-4-6(5)10(23(18)19)8(21(14)15)7(20(12)13)9(4)22(16)17/h1-3,11H,(H,14,15)(H,16,17)(H,18,19)/q-1. The summed E-state index contributed by atoms with van der Waals surface area (Å²) in [6.07, 6.45) is 0. The Kier molecular flexibility index (Phi) is 5.09. The van der Waals surface area contributed by atoms with Gasteiger partial charge in [-0.15, -0.1) is 10.7 Å². The number of para-hydroxylation sites is 1. The number of nitrogens with zero attached hydrogens (tertiary/aromatic N) is 2. The molecule has 0 aliphatic heterocycles. The summed E-state index contributed by atoms with van der Waals surface area (Å²) in [5.74, 6) is -0.681. The van der Waals surface area contributed by atoms with E-state index in [0.29, 0.717) is 0 Å². The highest BCUT2D eigenvalue weighted by Crippen LogP contribution is 2.26. The molecule has 0 bridgehead atoms. The number of hydrogen-bond donors (Lipinski definition) is 4. The van der Waals surface area contributed by atoms with Gasteiger partial charge in [0.1, 0.15) is 11.3 Å². The molecule has 0 fully saturated rings. The number of benzene rings is 1. The lowest BCUT2D eigenvalue weighted by molar-refractivity contribution is 0.478. The van der Waals surface area contributed by atoms with Gasteiger partial charge in [0.05, 0.1) is 5.52 Å². The van der Waals surface area contributed by atoms with Gasteiger partial charge in [-0.25, -0.2) is 16.4 Å². The normalized spacial score (nSPS) is 16.0. The van der Waals surface area contributed by atoms with Crippen LogP contribution in [-0.4, -0.2) is 43.5 Å². The first kappa shape index (κ1) is 17.9. The number of aromatic nitrogens is 2. The molecule has 1 heterocycles. The Morgan fingerprint density at radius 2 is 1.57 bits per heavy atom. The largest absolute Gasteiger partial charge is 0.506 e. The van der Waals surface area contributed by atoms with E-state index in [1.54, 1.807) is 0 Å². The second-order valence-corrected chi connectivity index (χ2v) is 7.18. The Bertz CT molecular complexity index is 1160. The van der Waals surface area contributed by atoms with Crippen molar-refractivity contribution < 1.29 is 39.8 Å². The van der Waals surface area contributed by atoms with E-state index in [0.717, 1.165) is 12.1 Å². The van der Waals surface area contributed by atoms with Gasteiger partial charge in [-0.05, 0) is 12.1 Å². The third-order valence-corrected chi connectivity index (χ3v) is 5.73. The fourth-order valence-electron chi connectivity index (χ4n) is 1.86. The van der Waals surface area contributed by atoms with Gasteiger partial charge in [0.15, 0.2) is 4.64 Å². The molecule has 2 unspecified atom stereocenters. The first-order valence-electron chi connectivity index (χ1n) is 5.27. The quantitative estimate of drug-likeness (QED) is 0.292. The van der Waals surface area contributed by atoms with Crippen molar-refractivity contribution >= 4 is 54.5 Å². The van der Waals surface area contributed by atoms with E-state index in [9.17, 15) is 39.8 Å². The lowest BCUT2D eigenvalue weighted by Gasteiger charge is -2.16. The molecule has 0 saturated carbocycles. The number of aromatic hydroxyl groups is 1. The predicted molar refractivity (Wildman–Crippen MR) is 80.0 cm³/mol. The van der Waals surface area contributed by atoms with Crippen molar-refractivity contribution in [2.75, 3.05) is 0 Å². The van der Waals surface area contributed by atoms with E-state index >= 15 is 0 Å². The SMILES string of the molecule is O=S(O)n1c(=S(=O)=O)c(=[S-](=O)O)n(S(=O)O)c2c(O)cccc21. The smallest absolute Gasteiger partial charge is 0.267 e. The summed E-state index contributed by atoms with van der Waals surface area (Å²) in [5.41, 5.74) is -1.01. The first-order chi connectivity index (χ1) is 10.7.